The van der Waals surface area contributed by atoms with Crippen LogP contribution in [0.25, 0.3) is 0 Å². The Hall–Kier alpha value is -3.74. The standard InChI is InChI=1S/C29H28ClN5O6S/c30-22-3-1-2-4-24(22)42(39,40)35-15-18(13-31-35)14-33-11-9-29(10-12-33)17-41-26-20-16-34(23-7-8-25(36)32-27(23)37)28(38)19(20)5-6-21(26)29/h1-6,13,15,23H,7-12,14,16-17H2,(H,32,36,37)/t23-/m0/s1. The number of amides is 3. The molecular weight excluding hydrogens is 582 g/mol. The Kier molecular flexibility index (Phi) is 6.41. The molecule has 2 aromatic carbocycles. The average Bonchev–Trinajstić information content (AvgIpc) is 3.67. The van der Waals surface area contributed by atoms with E-state index in [0.717, 1.165) is 52.5 Å². The van der Waals surface area contributed by atoms with Crippen LogP contribution < -0.4 is 10.1 Å². The van der Waals surface area contributed by atoms with Gasteiger partial charge < -0.3 is 9.64 Å². The molecule has 1 spiro atoms. The van der Waals surface area contributed by atoms with Gasteiger partial charge in [-0.2, -0.15) is 17.6 Å². The molecule has 4 aliphatic heterocycles. The van der Waals surface area contributed by atoms with Gasteiger partial charge in [0.1, 0.15) is 16.7 Å². The lowest BCUT2D eigenvalue weighted by molar-refractivity contribution is -0.136. The van der Waals surface area contributed by atoms with Crippen LogP contribution in [0.15, 0.2) is 53.7 Å². The van der Waals surface area contributed by atoms with Gasteiger partial charge in [0.05, 0.1) is 24.4 Å². The third kappa shape index (κ3) is 4.31. The highest BCUT2D eigenvalue weighted by molar-refractivity contribution is 7.90. The van der Waals surface area contributed by atoms with Gasteiger partial charge in [-0.25, -0.2) is 0 Å². The zero-order valence-electron chi connectivity index (χ0n) is 22.6. The van der Waals surface area contributed by atoms with Crippen LogP contribution in [0.3, 0.4) is 0 Å². The van der Waals surface area contributed by atoms with E-state index in [0.29, 0.717) is 25.1 Å². The number of aromatic nitrogens is 2. The maximum absolute atomic E-state index is 13.2. The van der Waals surface area contributed by atoms with Crippen LogP contribution >= 0.6 is 11.6 Å². The zero-order valence-corrected chi connectivity index (χ0v) is 24.2. The molecule has 2 saturated heterocycles. The number of ether oxygens (including phenoxy) is 1. The minimum Gasteiger partial charge on any atom is -0.492 e. The van der Waals surface area contributed by atoms with Crippen LogP contribution in [0.2, 0.25) is 5.02 Å². The maximum atomic E-state index is 13.2. The van der Waals surface area contributed by atoms with Crippen LogP contribution in [0, 0.1) is 0 Å². The monoisotopic (exact) mass is 609 g/mol. The Bertz CT molecular complexity index is 1750. The third-order valence-corrected chi connectivity index (χ3v) is 11.0. The lowest BCUT2D eigenvalue weighted by atomic mass is 9.74. The molecule has 0 unspecified atom stereocenters. The number of nitrogens with zero attached hydrogens (tertiary/aromatic N) is 4. The van der Waals surface area contributed by atoms with Gasteiger partial charge >= 0.3 is 0 Å². The second-order valence-corrected chi connectivity index (χ2v) is 13.5. The van der Waals surface area contributed by atoms with E-state index >= 15 is 0 Å². The molecule has 7 rings (SSSR count). The highest BCUT2D eigenvalue weighted by Crippen LogP contribution is 2.49. The summed E-state index contributed by atoms with van der Waals surface area (Å²) in [4.78, 5) is 41.1. The van der Waals surface area contributed by atoms with Gasteiger partial charge in [-0.3, -0.25) is 24.6 Å². The number of rotatable bonds is 5. The summed E-state index contributed by atoms with van der Waals surface area (Å²) in [6, 6.07) is 9.47. The predicted octanol–water partition coefficient (Wildman–Crippen LogP) is 2.46. The van der Waals surface area contributed by atoms with Crippen molar-refractivity contribution in [1.29, 1.82) is 0 Å². The molecule has 1 aromatic heterocycles. The highest BCUT2D eigenvalue weighted by Gasteiger charge is 2.47. The van der Waals surface area contributed by atoms with Crippen LogP contribution in [0.5, 0.6) is 5.75 Å². The quantitative estimate of drug-likeness (QED) is 0.437. The van der Waals surface area contributed by atoms with Crippen molar-refractivity contribution in [1.82, 2.24) is 24.3 Å². The van der Waals surface area contributed by atoms with Gasteiger partial charge in [-0.05, 0) is 50.6 Å². The molecular formula is C29H28ClN5O6S. The molecule has 42 heavy (non-hydrogen) atoms. The Morgan fingerprint density at radius 1 is 1.10 bits per heavy atom. The Labute approximate surface area is 247 Å². The summed E-state index contributed by atoms with van der Waals surface area (Å²) in [6.07, 6.45) is 5.32. The minimum absolute atomic E-state index is 0.00884. The smallest absolute Gasteiger partial charge is 0.284 e. The molecule has 0 bridgehead atoms. The number of piperidine rings is 2. The average molecular weight is 610 g/mol. The van der Waals surface area contributed by atoms with Crippen LogP contribution in [0.4, 0.5) is 0 Å². The predicted molar refractivity (Wildman–Crippen MR) is 150 cm³/mol. The largest absolute Gasteiger partial charge is 0.492 e. The summed E-state index contributed by atoms with van der Waals surface area (Å²) in [7, 11) is -3.89. The van der Waals surface area contributed by atoms with Crippen LogP contribution in [0.1, 0.15) is 52.7 Å². The van der Waals surface area contributed by atoms with Gasteiger partial charge in [-0.15, -0.1) is 0 Å². The Morgan fingerprint density at radius 2 is 1.88 bits per heavy atom. The van der Waals surface area contributed by atoms with Crippen molar-refractivity contribution in [2.45, 2.75) is 55.1 Å². The molecule has 11 nitrogen and oxygen atoms in total. The molecule has 1 N–H and O–H groups in total. The van der Waals surface area contributed by atoms with E-state index in [-0.39, 0.29) is 40.1 Å². The molecule has 0 radical (unpaired) electrons. The van der Waals surface area contributed by atoms with Gasteiger partial charge in [0.15, 0.2) is 0 Å². The van der Waals surface area contributed by atoms with E-state index in [1.165, 1.54) is 18.3 Å². The van der Waals surface area contributed by atoms with Gasteiger partial charge in [0.2, 0.25) is 11.8 Å². The number of carbonyl (C=O) groups excluding carboxylic acids is 3. The zero-order chi connectivity index (χ0) is 29.2. The van der Waals surface area contributed by atoms with E-state index in [1.54, 1.807) is 23.2 Å². The number of nitrogens with one attached hydrogen (secondary N) is 1. The summed E-state index contributed by atoms with van der Waals surface area (Å²) in [5.74, 6) is -0.205. The summed E-state index contributed by atoms with van der Waals surface area (Å²) in [5.41, 5.74) is 3.07. The van der Waals surface area contributed by atoms with Crippen molar-refractivity contribution in [3.63, 3.8) is 0 Å². The fourth-order valence-electron chi connectivity index (χ4n) is 6.60. The number of benzene rings is 2. The van der Waals surface area contributed by atoms with E-state index in [2.05, 4.69) is 15.3 Å². The molecule has 3 amide bonds. The lowest BCUT2D eigenvalue weighted by Gasteiger charge is -2.38. The topological polar surface area (TPSA) is 131 Å². The molecule has 3 aromatic rings. The second kappa shape index (κ2) is 9.92. The van der Waals surface area contributed by atoms with E-state index < -0.39 is 22.0 Å². The number of likely N-dealkylation sites (tertiary alicyclic amines) is 1. The summed E-state index contributed by atoms with van der Waals surface area (Å²) >= 11 is 6.12. The number of imide groups is 1. The van der Waals surface area contributed by atoms with Gasteiger partial charge in [0, 0.05) is 46.8 Å². The molecule has 2 fully saturated rings. The van der Waals surface area contributed by atoms with Crippen molar-refractivity contribution in [2.75, 3.05) is 19.7 Å². The third-order valence-electron chi connectivity index (χ3n) is 8.92. The number of carbonyl (C=O) groups is 3. The number of halogens is 1. The number of hydrogen-bond acceptors (Lipinski definition) is 8. The van der Waals surface area contributed by atoms with Crippen molar-refractivity contribution < 1.29 is 27.5 Å². The normalized spacial score (nSPS) is 21.8. The van der Waals surface area contributed by atoms with E-state index in [9.17, 15) is 22.8 Å². The molecule has 13 heteroatoms. The second-order valence-electron chi connectivity index (χ2n) is 11.4. The maximum Gasteiger partial charge on any atom is 0.284 e. The highest BCUT2D eigenvalue weighted by atomic mass is 35.5. The Balaban J connectivity index is 1.04. The first-order valence-electron chi connectivity index (χ1n) is 13.9. The van der Waals surface area contributed by atoms with Crippen molar-refractivity contribution >= 4 is 39.3 Å². The van der Waals surface area contributed by atoms with Crippen molar-refractivity contribution in [3.05, 3.63) is 76.1 Å². The summed E-state index contributed by atoms with van der Waals surface area (Å²) < 4.78 is 33.3. The number of fused-ring (bicyclic) bond motifs is 4. The molecule has 1 atom stereocenters. The molecule has 218 valence electrons. The van der Waals surface area contributed by atoms with Gasteiger partial charge in [-0.1, -0.05) is 29.8 Å². The van der Waals surface area contributed by atoms with E-state index in [1.807, 2.05) is 12.1 Å². The summed E-state index contributed by atoms with van der Waals surface area (Å²) in [5, 5.41) is 6.60. The fraction of sp³-hybridized carbons (Fsp3) is 0.379. The molecule has 0 aliphatic carbocycles. The van der Waals surface area contributed by atoms with Crippen LogP contribution in [-0.2, 0) is 38.1 Å². The van der Waals surface area contributed by atoms with E-state index in [4.69, 9.17) is 16.3 Å². The summed E-state index contributed by atoms with van der Waals surface area (Å²) in [6.45, 7) is 2.93. The Morgan fingerprint density at radius 3 is 2.64 bits per heavy atom. The lowest BCUT2D eigenvalue weighted by Crippen LogP contribution is -2.52. The fourth-order valence-corrected chi connectivity index (χ4v) is 8.24. The van der Waals surface area contributed by atoms with Crippen molar-refractivity contribution in [3.8, 4) is 5.75 Å². The van der Waals surface area contributed by atoms with Gasteiger partial charge in [0.25, 0.3) is 15.9 Å². The SMILES string of the molecule is O=C1CC[C@H](N2Cc3c(ccc4c3OCC43CCN(Cc4cnn(S(=O)(=O)c5ccccc5Cl)c4)CC3)C2=O)C(=O)N1. The first kappa shape index (κ1) is 27.1. The first-order valence-corrected chi connectivity index (χ1v) is 15.7. The minimum atomic E-state index is -3.89. The first-order chi connectivity index (χ1) is 20.2. The molecule has 0 saturated carbocycles. The van der Waals surface area contributed by atoms with Crippen molar-refractivity contribution in [2.24, 2.45) is 0 Å². The van der Waals surface area contributed by atoms with Crippen LogP contribution in [-0.4, -0.2) is 70.9 Å². The number of hydrogen-bond donors (Lipinski definition) is 1. The molecule has 4 aliphatic rings. The molecule has 5 heterocycles.